The van der Waals surface area contributed by atoms with Crippen LogP contribution in [-0.4, -0.2) is 86.0 Å². The van der Waals surface area contributed by atoms with Crippen molar-refractivity contribution in [3.05, 3.63) is 0 Å². The van der Waals surface area contributed by atoms with Gasteiger partial charge in [-0.05, 0) is 13.3 Å². The molecule has 2 aliphatic rings. The van der Waals surface area contributed by atoms with Crippen molar-refractivity contribution < 1.29 is 18.0 Å². The van der Waals surface area contributed by atoms with Crippen LogP contribution in [0.25, 0.3) is 0 Å². The third-order valence-corrected chi connectivity index (χ3v) is 5.98. The number of carbonyl (C=O) groups excluding carboxylic acids is 2. The third-order valence-electron chi connectivity index (χ3n) is 4.03. The molecule has 2 fully saturated rings. The van der Waals surface area contributed by atoms with Crippen molar-refractivity contribution in [2.45, 2.75) is 19.8 Å². The van der Waals surface area contributed by atoms with E-state index in [1.54, 1.807) is 9.80 Å². The van der Waals surface area contributed by atoms with Gasteiger partial charge in [0.25, 0.3) is 0 Å². The predicted octanol–water partition coefficient (Wildman–Crippen LogP) is -0.714. The zero-order valence-electron chi connectivity index (χ0n) is 13.0. The van der Waals surface area contributed by atoms with Gasteiger partial charge in [0.05, 0.1) is 5.75 Å². The second kappa shape index (κ2) is 7.28. The number of nitrogens with one attached hydrogen (secondary N) is 1. The van der Waals surface area contributed by atoms with E-state index in [9.17, 15) is 18.0 Å². The molecule has 0 saturated carbocycles. The molecule has 0 unspecified atom stereocenters. The van der Waals surface area contributed by atoms with Gasteiger partial charge in [-0.3, -0.25) is 4.79 Å². The maximum Gasteiger partial charge on any atom is 0.317 e. The second-order valence-electron chi connectivity index (χ2n) is 5.52. The molecule has 0 aromatic heterocycles. The van der Waals surface area contributed by atoms with Crippen LogP contribution in [0.4, 0.5) is 4.79 Å². The topological polar surface area (TPSA) is 90.0 Å². The van der Waals surface area contributed by atoms with Crippen molar-refractivity contribution in [2.75, 3.05) is 51.6 Å². The van der Waals surface area contributed by atoms with Gasteiger partial charge in [0, 0.05) is 52.2 Å². The fraction of sp³-hybridized carbons (Fsp3) is 0.846. The number of piperazine rings is 1. The lowest BCUT2D eigenvalue weighted by Crippen LogP contribution is -2.53. The first kappa shape index (κ1) is 17.0. The fourth-order valence-electron chi connectivity index (χ4n) is 2.74. The quantitative estimate of drug-likeness (QED) is 0.736. The number of hydrogen-bond donors (Lipinski definition) is 1. The SMILES string of the molecule is CCNC(=O)N1CCN(C(=O)CCN2CCCS2(=O)=O)CC1. The Hall–Kier alpha value is -1.35. The van der Waals surface area contributed by atoms with E-state index in [1.807, 2.05) is 6.92 Å². The number of amides is 3. The third kappa shape index (κ3) is 4.10. The Morgan fingerprint density at radius 2 is 1.68 bits per heavy atom. The van der Waals surface area contributed by atoms with Crippen LogP contribution < -0.4 is 5.32 Å². The van der Waals surface area contributed by atoms with E-state index in [4.69, 9.17) is 0 Å². The largest absolute Gasteiger partial charge is 0.339 e. The first-order valence-electron chi connectivity index (χ1n) is 7.72. The molecule has 0 spiro atoms. The van der Waals surface area contributed by atoms with E-state index in [2.05, 4.69) is 5.32 Å². The lowest BCUT2D eigenvalue weighted by molar-refractivity contribution is -0.132. The number of urea groups is 1. The molecule has 2 aliphatic heterocycles. The average molecular weight is 332 g/mol. The highest BCUT2D eigenvalue weighted by Crippen LogP contribution is 2.14. The molecule has 9 heteroatoms. The Labute approximate surface area is 131 Å². The van der Waals surface area contributed by atoms with Gasteiger partial charge in [-0.25, -0.2) is 17.5 Å². The minimum absolute atomic E-state index is 0.0438. The van der Waals surface area contributed by atoms with Crippen LogP contribution >= 0.6 is 0 Å². The Morgan fingerprint density at radius 3 is 2.23 bits per heavy atom. The standard InChI is InChI=1S/C13H24N4O4S/c1-2-14-13(19)16-9-7-15(8-10-16)12(18)4-6-17-5-3-11-22(17,20)21/h2-11H2,1H3,(H,14,19). The summed E-state index contributed by atoms with van der Waals surface area (Å²) in [7, 11) is -3.14. The molecule has 0 aromatic rings. The first-order valence-corrected chi connectivity index (χ1v) is 9.33. The second-order valence-corrected chi connectivity index (χ2v) is 7.61. The van der Waals surface area contributed by atoms with E-state index in [0.29, 0.717) is 45.7 Å². The van der Waals surface area contributed by atoms with Crippen LogP contribution in [0.1, 0.15) is 19.8 Å². The summed E-state index contributed by atoms with van der Waals surface area (Å²) in [4.78, 5) is 27.2. The van der Waals surface area contributed by atoms with E-state index < -0.39 is 10.0 Å². The van der Waals surface area contributed by atoms with Crippen LogP contribution in [0.15, 0.2) is 0 Å². The smallest absolute Gasteiger partial charge is 0.317 e. The minimum Gasteiger partial charge on any atom is -0.339 e. The summed E-state index contributed by atoms with van der Waals surface area (Å²) < 4.78 is 24.8. The summed E-state index contributed by atoms with van der Waals surface area (Å²) in [5, 5.41) is 2.74. The fourth-order valence-corrected chi connectivity index (χ4v) is 4.27. The molecule has 0 aliphatic carbocycles. The summed E-state index contributed by atoms with van der Waals surface area (Å²) in [6.45, 7) is 5.26. The van der Waals surface area contributed by atoms with Gasteiger partial charge in [0.2, 0.25) is 15.9 Å². The molecule has 0 atom stereocenters. The van der Waals surface area contributed by atoms with Crippen LogP contribution in [0.3, 0.4) is 0 Å². The molecule has 22 heavy (non-hydrogen) atoms. The normalized spacial score (nSPS) is 21.9. The van der Waals surface area contributed by atoms with Crippen molar-refractivity contribution in [3.8, 4) is 0 Å². The Kier molecular flexibility index (Phi) is 5.63. The first-order chi connectivity index (χ1) is 10.4. The van der Waals surface area contributed by atoms with E-state index in [0.717, 1.165) is 0 Å². The van der Waals surface area contributed by atoms with Gasteiger partial charge in [-0.1, -0.05) is 0 Å². The van der Waals surface area contributed by atoms with E-state index >= 15 is 0 Å². The van der Waals surface area contributed by atoms with Gasteiger partial charge >= 0.3 is 6.03 Å². The molecule has 2 saturated heterocycles. The van der Waals surface area contributed by atoms with Gasteiger partial charge in [0.1, 0.15) is 0 Å². The summed E-state index contributed by atoms with van der Waals surface area (Å²) in [6.07, 6.45) is 0.849. The number of rotatable bonds is 4. The Bertz CT molecular complexity index is 514. The van der Waals surface area contributed by atoms with Crippen LogP contribution in [-0.2, 0) is 14.8 Å². The lowest BCUT2D eigenvalue weighted by atomic mass is 10.3. The molecule has 1 N–H and O–H groups in total. The summed E-state index contributed by atoms with van der Waals surface area (Å²) in [6, 6.07) is -0.0993. The van der Waals surface area contributed by atoms with Crippen molar-refractivity contribution in [1.29, 1.82) is 0 Å². The molecule has 0 radical (unpaired) electrons. The molecular weight excluding hydrogens is 308 g/mol. The van der Waals surface area contributed by atoms with Crippen LogP contribution in [0.5, 0.6) is 0 Å². The van der Waals surface area contributed by atoms with Crippen molar-refractivity contribution in [1.82, 2.24) is 19.4 Å². The van der Waals surface area contributed by atoms with Crippen LogP contribution in [0.2, 0.25) is 0 Å². The Balaban J connectivity index is 1.75. The minimum atomic E-state index is -3.14. The monoisotopic (exact) mass is 332 g/mol. The molecule has 2 rings (SSSR count). The van der Waals surface area contributed by atoms with E-state index in [-0.39, 0.29) is 30.7 Å². The summed E-state index contributed by atoms with van der Waals surface area (Å²) in [5.41, 5.74) is 0. The van der Waals surface area contributed by atoms with Gasteiger partial charge in [-0.15, -0.1) is 0 Å². The molecule has 126 valence electrons. The average Bonchev–Trinajstić information content (AvgIpc) is 2.84. The maximum atomic E-state index is 12.2. The molecule has 3 amide bonds. The lowest BCUT2D eigenvalue weighted by Gasteiger charge is -2.34. The summed E-state index contributed by atoms with van der Waals surface area (Å²) >= 11 is 0. The van der Waals surface area contributed by atoms with Crippen molar-refractivity contribution in [3.63, 3.8) is 0 Å². The van der Waals surface area contributed by atoms with Gasteiger partial charge in [-0.2, -0.15) is 0 Å². The highest BCUT2D eigenvalue weighted by atomic mass is 32.2. The molecule has 0 bridgehead atoms. The van der Waals surface area contributed by atoms with Gasteiger partial charge < -0.3 is 15.1 Å². The van der Waals surface area contributed by atoms with E-state index in [1.165, 1.54) is 4.31 Å². The van der Waals surface area contributed by atoms with Crippen molar-refractivity contribution >= 4 is 22.0 Å². The molecule has 0 aromatic carbocycles. The molecule has 8 nitrogen and oxygen atoms in total. The zero-order valence-corrected chi connectivity index (χ0v) is 13.8. The molecular formula is C13H24N4O4S. The maximum absolute atomic E-state index is 12.2. The number of hydrogen-bond acceptors (Lipinski definition) is 4. The Morgan fingerprint density at radius 1 is 1.05 bits per heavy atom. The zero-order chi connectivity index (χ0) is 16.2. The van der Waals surface area contributed by atoms with Gasteiger partial charge in [0.15, 0.2) is 0 Å². The van der Waals surface area contributed by atoms with Crippen LogP contribution in [0, 0.1) is 0 Å². The predicted molar refractivity (Wildman–Crippen MR) is 81.8 cm³/mol. The van der Waals surface area contributed by atoms with Crippen molar-refractivity contribution in [2.24, 2.45) is 0 Å². The number of nitrogens with zero attached hydrogens (tertiary/aromatic N) is 3. The number of sulfonamides is 1. The number of carbonyl (C=O) groups is 2. The summed E-state index contributed by atoms with van der Waals surface area (Å²) in [5.74, 6) is 0.143. The highest BCUT2D eigenvalue weighted by Gasteiger charge is 2.29. The highest BCUT2D eigenvalue weighted by molar-refractivity contribution is 7.89. The molecule has 2 heterocycles.